The number of likely N-dealkylation sites (tertiary alicyclic amines) is 1. The highest BCUT2D eigenvalue weighted by atomic mass is 32.1. The molecule has 4 aromatic heterocycles. The second-order valence-corrected chi connectivity index (χ2v) is 15.0. The number of ether oxygens (including phenoxy) is 3. The lowest BCUT2D eigenvalue weighted by atomic mass is 9.62. The average molecular weight is 675 g/mol. The lowest BCUT2D eigenvalue weighted by Gasteiger charge is -2.39. The molecule has 2 fully saturated rings. The number of hydrogen-bond acceptors (Lipinski definition) is 12. The molecule has 13 nitrogen and oxygen atoms in total. The Morgan fingerprint density at radius 2 is 1.98 bits per heavy atom. The molecule has 0 bridgehead atoms. The summed E-state index contributed by atoms with van der Waals surface area (Å²) in [6.07, 6.45) is 7.53. The molecule has 14 heteroatoms. The molecule has 2 N–H and O–H groups in total. The summed E-state index contributed by atoms with van der Waals surface area (Å²) in [7, 11) is 5.55. The van der Waals surface area contributed by atoms with Crippen LogP contribution >= 0.6 is 11.3 Å². The second kappa shape index (κ2) is 12.0. The number of thiophene rings is 1. The smallest absolute Gasteiger partial charge is 0.330 e. The van der Waals surface area contributed by atoms with E-state index in [0.29, 0.717) is 52.4 Å². The summed E-state index contributed by atoms with van der Waals surface area (Å²) < 4.78 is 27.9. The Bertz CT molecular complexity index is 1980. The predicted octanol–water partition coefficient (Wildman–Crippen LogP) is 4.10. The van der Waals surface area contributed by atoms with E-state index in [1.165, 1.54) is 16.2 Å². The quantitative estimate of drug-likeness (QED) is 0.314. The van der Waals surface area contributed by atoms with Crippen LogP contribution in [0.4, 0.5) is 5.00 Å². The molecule has 2 aliphatic carbocycles. The lowest BCUT2D eigenvalue weighted by Crippen LogP contribution is -2.45. The standard InChI is InChI=1S/C34H42N8O5S/c1-18(25-22(44-4)11-14-40(25)2)46-32-26-31(42(33(43)41(26)3)19-8-7-15-45-17-19)37-30(38-32)27-20-9-5-12-34(28(20)39-47-27)13-6-10-23-24(34)21(16-35)29(36)48-23/h18-19,22,25H,5-15,17,36H2,1-4H3/t18-,19+,22-,25+,34-/m0/s1. The largest absolute Gasteiger partial charge is 0.471 e. The van der Waals surface area contributed by atoms with E-state index in [0.717, 1.165) is 81.2 Å². The zero-order chi connectivity index (χ0) is 33.3. The van der Waals surface area contributed by atoms with Crippen LogP contribution < -0.4 is 16.2 Å². The highest BCUT2D eigenvalue weighted by Crippen LogP contribution is 2.54. The third-order valence-corrected chi connectivity index (χ3v) is 12.3. The fourth-order valence-corrected chi connectivity index (χ4v) is 10.2. The van der Waals surface area contributed by atoms with Crippen LogP contribution in [0.15, 0.2) is 9.32 Å². The third-order valence-electron chi connectivity index (χ3n) is 11.2. The minimum Gasteiger partial charge on any atom is -0.471 e. The number of nitrogens with zero attached hydrogens (tertiary/aromatic N) is 7. The molecule has 8 rings (SSSR count). The van der Waals surface area contributed by atoms with Gasteiger partial charge in [0.1, 0.15) is 17.2 Å². The number of nitrogens with two attached hydrogens (primary N) is 1. The zero-order valence-corrected chi connectivity index (χ0v) is 28.8. The van der Waals surface area contributed by atoms with Crippen LogP contribution in [0.3, 0.4) is 0 Å². The summed E-state index contributed by atoms with van der Waals surface area (Å²) >= 11 is 1.53. The van der Waals surface area contributed by atoms with Gasteiger partial charge in [0.25, 0.3) is 0 Å². The van der Waals surface area contributed by atoms with E-state index in [-0.39, 0.29) is 30.0 Å². The Balaban J connectivity index is 1.30. The van der Waals surface area contributed by atoms with Crippen LogP contribution in [0.1, 0.15) is 85.2 Å². The summed E-state index contributed by atoms with van der Waals surface area (Å²) in [6.45, 7) is 4.03. The van der Waals surface area contributed by atoms with Crippen molar-refractivity contribution in [1.82, 2.24) is 29.2 Å². The van der Waals surface area contributed by atoms with Gasteiger partial charge in [0.2, 0.25) is 17.5 Å². The maximum atomic E-state index is 13.9. The van der Waals surface area contributed by atoms with Gasteiger partial charge < -0.3 is 24.5 Å². The Kier molecular flexibility index (Phi) is 7.86. The number of fused-ring (bicyclic) bond motifs is 5. The number of aryl methyl sites for hydroxylation is 2. The number of imidazole rings is 1. The molecule has 48 heavy (non-hydrogen) atoms. The molecule has 0 radical (unpaired) electrons. The van der Waals surface area contributed by atoms with E-state index in [1.54, 1.807) is 23.3 Å². The van der Waals surface area contributed by atoms with E-state index in [1.807, 2.05) is 6.92 Å². The molecule has 254 valence electrons. The van der Waals surface area contributed by atoms with Gasteiger partial charge in [-0.1, -0.05) is 5.16 Å². The molecule has 4 aliphatic rings. The van der Waals surface area contributed by atoms with Crippen molar-refractivity contribution >= 4 is 27.5 Å². The number of anilines is 1. The first kappa shape index (κ1) is 31.5. The highest BCUT2D eigenvalue weighted by Gasteiger charge is 2.48. The van der Waals surface area contributed by atoms with Gasteiger partial charge in [-0.3, -0.25) is 14.0 Å². The van der Waals surface area contributed by atoms with Crippen LogP contribution in [0.5, 0.6) is 5.88 Å². The Hall–Kier alpha value is -3.77. The van der Waals surface area contributed by atoms with Gasteiger partial charge in [-0.05, 0) is 77.3 Å². The van der Waals surface area contributed by atoms with Crippen LogP contribution in [0, 0.1) is 11.3 Å². The molecular formula is C34H42N8O5S. The third kappa shape index (κ3) is 4.65. The maximum Gasteiger partial charge on any atom is 0.330 e. The van der Waals surface area contributed by atoms with E-state index in [4.69, 9.17) is 39.6 Å². The van der Waals surface area contributed by atoms with Crippen molar-refractivity contribution in [3.63, 3.8) is 0 Å². The van der Waals surface area contributed by atoms with E-state index < -0.39 is 5.41 Å². The molecule has 6 heterocycles. The Labute approximate surface area is 282 Å². The van der Waals surface area contributed by atoms with Gasteiger partial charge in [0.15, 0.2) is 11.2 Å². The van der Waals surface area contributed by atoms with Gasteiger partial charge in [-0.15, -0.1) is 11.3 Å². The van der Waals surface area contributed by atoms with Crippen molar-refractivity contribution in [3.05, 3.63) is 37.7 Å². The SMILES string of the molecule is CO[C@H]1CCN(C)[C@@H]1[C@H](C)Oc1nc(-c2onc3c2CCC[C@@]32CCCc3sc(N)c(C#N)c32)nc2c1n(C)c(=O)n2[C@@H]1CCCOC1. The summed E-state index contributed by atoms with van der Waals surface area (Å²) in [4.78, 5) is 27.4. The summed E-state index contributed by atoms with van der Waals surface area (Å²) in [5.74, 6) is 1.13. The van der Waals surface area contributed by atoms with Crippen LogP contribution in [0.2, 0.25) is 0 Å². The van der Waals surface area contributed by atoms with Gasteiger partial charge in [0.05, 0.1) is 36.1 Å². The molecule has 0 amide bonds. The lowest BCUT2D eigenvalue weighted by molar-refractivity contribution is 0.0178. The maximum absolute atomic E-state index is 13.9. The number of hydrogen-bond donors (Lipinski definition) is 1. The van der Waals surface area contributed by atoms with Gasteiger partial charge >= 0.3 is 5.69 Å². The number of methoxy groups -OCH3 is 1. The van der Waals surface area contributed by atoms with Gasteiger partial charge in [0, 0.05) is 43.2 Å². The fraction of sp³-hybridized carbons (Fsp3) is 0.618. The van der Waals surface area contributed by atoms with Crippen molar-refractivity contribution < 1.29 is 18.7 Å². The normalized spacial score (nSPS) is 26.4. The number of likely N-dealkylation sites (N-methyl/N-ethyl adjacent to an activating group) is 1. The molecular weight excluding hydrogens is 632 g/mol. The van der Waals surface area contributed by atoms with Crippen LogP contribution in [-0.2, 0) is 34.8 Å². The van der Waals surface area contributed by atoms with Crippen LogP contribution in [0.25, 0.3) is 22.7 Å². The first-order valence-corrected chi connectivity index (χ1v) is 17.9. The molecule has 4 aromatic rings. The average Bonchev–Trinajstić information content (AvgIpc) is 3.84. The number of aromatic nitrogens is 5. The van der Waals surface area contributed by atoms with Crippen molar-refractivity contribution in [2.75, 3.05) is 39.6 Å². The minimum absolute atomic E-state index is 0.0000884. The second-order valence-electron chi connectivity index (χ2n) is 13.8. The zero-order valence-electron chi connectivity index (χ0n) is 28.0. The molecule has 5 atom stereocenters. The topological polar surface area (TPSA) is 159 Å². The first-order chi connectivity index (χ1) is 23.3. The Morgan fingerprint density at radius 1 is 1.17 bits per heavy atom. The van der Waals surface area contributed by atoms with Crippen molar-refractivity contribution in [2.45, 2.75) is 94.4 Å². The van der Waals surface area contributed by atoms with E-state index >= 15 is 0 Å². The van der Waals surface area contributed by atoms with Crippen LogP contribution in [-0.4, -0.2) is 81.3 Å². The molecule has 1 spiro atoms. The molecule has 2 saturated heterocycles. The monoisotopic (exact) mass is 674 g/mol. The predicted molar refractivity (Wildman–Crippen MR) is 179 cm³/mol. The summed E-state index contributed by atoms with van der Waals surface area (Å²) in [5.41, 5.74) is 10.1. The van der Waals surface area contributed by atoms with Crippen molar-refractivity contribution in [3.8, 4) is 23.5 Å². The van der Waals surface area contributed by atoms with E-state index in [9.17, 15) is 10.1 Å². The molecule has 0 saturated carbocycles. The van der Waals surface area contributed by atoms with Gasteiger partial charge in [-0.2, -0.15) is 10.2 Å². The highest BCUT2D eigenvalue weighted by molar-refractivity contribution is 7.16. The van der Waals surface area contributed by atoms with E-state index in [2.05, 4.69) is 18.0 Å². The molecule has 0 aromatic carbocycles. The minimum atomic E-state index is -0.448. The summed E-state index contributed by atoms with van der Waals surface area (Å²) in [6, 6.07) is 2.23. The van der Waals surface area contributed by atoms with Crippen molar-refractivity contribution in [1.29, 1.82) is 5.26 Å². The van der Waals surface area contributed by atoms with Crippen molar-refractivity contribution in [2.24, 2.45) is 7.05 Å². The fourth-order valence-electron chi connectivity index (χ4n) is 9.00. The first-order valence-electron chi connectivity index (χ1n) is 17.0. The Morgan fingerprint density at radius 3 is 2.73 bits per heavy atom. The molecule has 2 aliphatic heterocycles. The number of rotatable bonds is 6. The summed E-state index contributed by atoms with van der Waals surface area (Å²) in [5, 5.41) is 15.5. The number of nitriles is 1. The van der Waals surface area contributed by atoms with Gasteiger partial charge in [-0.25, -0.2) is 9.78 Å². The number of nitrogen functional groups attached to an aromatic ring is 1. The molecule has 0 unspecified atom stereocenters.